The second-order valence-corrected chi connectivity index (χ2v) is 6.60. The maximum Gasteiger partial charge on any atom is 0.223 e. The largest absolute Gasteiger partial charge is 0.368 e. The van der Waals surface area contributed by atoms with Crippen LogP contribution in [0.2, 0.25) is 0 Å². The van der Waals surface area contributed by atoms with Crippen LogP contribution in [0.5, 0.6) is 0 Å². The summed E-state index contributed by atoms with van der Waals surface area (Å²) in [6.07, 6.45) is 1.03. The summed E-state index contributed by atoms with van der Waals surface area (Å²) in [5.74, 6) is 2.22. The van der Waals surface area contributed by atoms with Crippen molar-refractivity contribution in [3.8, 4) is 0 Å². The molecule has 24 heavy (non-hydrogen) atoms. The van der Waals surface area contributed by atoms with Gasteiger partial charge in [0, 0.05) is 45.3 Å². The van der Waals surface area contributed by atoms with Gasteiger partial charge in [0.15, 0.2) is 0 Å². The number of nitrogen functional groups attached to an aromatic ring is 1. The summed E-state index contributed by atoms with van der Waals surface area (Å²) in [7, 11) is 2.15. The monoisotopic (exact) mass is 323 g/mol. The van der Waals surface area contributed by atoms with Crippen molar-refractivity contribution in [3.63, 3.8) is 0 Å². The number of hydrogen-bond acceptors (Lipinski definition) is 6. The van der Waals surface area contributed by atoms with Crippen LogP contribution in [-0.2, 0) is 13.0 Å². The summed E-state index contributed by atoms with van der Waals surface area (Å²) in [5.41, 5.74) is 8.73. The zero-order chi connectivity index (χ0) is 16.5. The minimum Gasteiger partial charge on any atom is -0.368 e. The van der Waals surface area contributed by atoms with E-state index in [9.17, 15) is 0 Å². The van der Waals surface area contributed by atoms with Crippen LogP contribution in [0.4, 0.5) is 17.6 Å². The Kier molecular flexibility index (Phi) is 3.98. The van der Waals surface area contributed by atoms with E-state index in [1.165, 1.54) is 11.1 Å². The third kappa shape index (κ3) is 3.01. The summed E-state index contributed by atoms with van der Waals surface area (Å²) >= 11 is 0. The molecule has 3 heterocycles. The second kappa shape index (κ2) is 6.28. The average molecular weight is 323 g/mol. The van der Waals surface area contributed by atoms with Crippen molar-refractivity contribution >= 4 is 17.6 Å². The summed E-state index contributed by atoms with van der Waals surface area (Å²) in [6, 6.07) is 11.5. The highest BCUT2D eigenvalue weighted by atomic mass is 15.3. The molecule has 1 fully saturated rings. The van der Waals surface area contributed by atoms with Gasteiger partial charge in [0.25, 0.3) is 0 Å². The van der Waals surface area contributed by atoms with Gasteiger partial charge >= 0.3 is 0 Å². The van der Waals surface area contributed by atoms with Gasteiger partial charge in [-0.25, -0.2) is 0 Å². The number of piperazine rings is 1. The third-order valence-electron chi connectivity index (χ3n) is 4.93. The Morgan fingerprint density at radius 1 is 1.00 bits per heavy atom. The predicted octanol–water partition coefficient (Wildman–Crippen LogP) is 1.17. The van der Waals surface area contributed by atoms with Gasteiger partial charge in [-0.15, -0.1) is 0 Å². The van der Waals surface area contributed by atoms with E-state index in [1.54, 1.807) is 0 Å². The van der Waals surface area contributed by atoms with Crippen LogP contribution >= 0.6 is 0 Å². The highest BCUT2D eigenvalue weighted by Crippen LogP contribution is 2.26. The minimum atomic E-state index is 0.354. The Morgan fingerprint density at radius 2 is 1.75 bits per heavy atom. The van der Waals surface area contributed by atoms with E-state index in [0.717, 1.165) is 57.3 Å². The van der Waals surface area contributed by atoms with Crippen LogP contribution in [0.15, 0.2) is 24.3 Å². The maximum atomic E-state index is 6.00. The number of aromatic nitrogens is 2. The molecule has 1 radical (unpaired) electrons. The van der Waals surface area contributed by atoms with Crippen molar-refractivity contribution in [3.05, 3.63) is 41.5 Å². The lowest BCUT2D eigenvalue weighted by atomic mass is 10.00. The van der Waals surface area contributed by atoms with Gasteiger partial charge in [-0.05, 0) is 36.7 Å². The zero-order valence-electron chi connectivity index (χ0n) is 14.1. The highest BCUT2D eigenvalue weighted by Gasteiger charge is 2.21. The Hall–Kier alpha value is -2.34. The van der Waals surface area contributed by atoms with Crippen LogP contribution in [0.25, 0.3) is 0 Å². The Balaban J connectivity index is 1.58. The van der Waals surface area contributed by atoms with Crippen LogP contribution in [0.1, 0.15) is 11.1 Å². The summed E-state index contributed by atoms with van der Waals surface area (Å²) in [6.45, 7) is 5.85. The van der Waals surface area contributed by atoms with Gasteiger partial charge < -0.3 is 20.4 Å². The van der Waals surface area contributed by atoms with E-state index in [0.29, 0.717) is 5.95 Å². The smallest absolute Gasteiger partial charge is 0.223 e. The number of hydrogen-bond donors (Lipinski definition) is 1. The van der Waals surface area contributed by atoms with Crippen molar-refractivity contribution in [1.82, 2.24) is 14.9 Å². The molecule has 6 heteroatoms. The van der Waals surface area contributed by atoms with Crippen LogP contribution in [-0.4, -0.2) is 54.6 Å². The molecule has 2 N–H and O–H groups in total. The molecule has 6 nitrogen and oxygen atoms in total. The maximum absolute atomic E-state index is 6.00. The number of anilines is 3. The first-order chi connectivity index (χ1) is 11.7. The van der Waals surface area contributed by atoms with Crippen LogP contribution < -0.4 is 15.5 Å². The lowest BCUT2D eigenvalue weighted by Crippen LogP contribution is -2.45. The molecule has 1 saturated heterocycles. The molecule has 4 rings (SSSR count). The van der Waals surface area contributed by atoms with Gasteiger partial charge in [0.2, 0.25) is 5.95 Å². The van der Waals surface area contributed by atoms with Crippen LogP contribution in [0, 0.1) is 6.07 Å². The van der Waals surface area contributed by atoms with Crippen molar-refractivity contribution in [2.24, 2.45) is 0 Å². The fourth-order valence-electron chi connectivity index (χ4n) is 3.42. The van der Waals surface area contributed by atoms with Crippen molar-refractivity contribution < 1.29 is 0 Å². The van der Waals surface area contributed by atoms with E-state index in [-0.39, 0.29) is 0 Å². The molecule has 1 aromatic heterocycles. The number of nitrogens with zero attached hydrogens (tertiary/aromatic N) is 5. The molecule has 2 aromatic rings. The molecule has 0 atom stereocenters. The lowest BCUT2D eigenvalue weighted by Gasteiger charge is -2.34. The molecule has 2 aliphatic heterocycles. The Morgan fingerprint density at radius 3 is 2.54 bits per heavy atom. The average Bonchev–Trinajstić information content (AvgIpc) is 2.61. The molecule has 0 unspecified atom stereocenters. The predicted molar refractivity (Wildman–Crippen MR) is 96.2 cm³/mol. The first kappa shape index (κ1) is 15.2. The first-order valence-electron chi connectivity index (χ1n) is 8.50. The molecule has 1 aromatic carbocycles. The van der Waals surface area contributed by atoms with E-state index in [1.807, 2.05) is 6.07 Å². The number of nitrogens with two attached hydrogens (primary N) is 1. The number of rotatable bonds is 2. The molecule has 0 amide bonds. The van der Waals surface area contributed by atoms with Crippen molar-refractivity contribution in [2.75, 3.05) is 55.3 Å². The van der Waals surface area contributed by atoms with Gasteiger partial charge in [-0.2, -0.15) is 9.97 Å². The summed E-state index contributed by atoms with van der Waals surface area (Å²) in [5, 5.41) is 0. The fourth-order valence-corrected chi connectivity index (χ4v) is 3.42. The summed E-state index contributed by atoms with van der Waals surface area (Å²) in [4.78, 5) is 15.9. The fraction of sp³-hybridized carbons (Fsp3) is 0.444. The Bertz CT molecular complexity index is 723. The Labute approximate surface area is 142 Å². The van der Waals surface area contributed by atoms with Crippen LogP contribution in [0.3, 0.4) is 0 Å². The van der Waals surface area contributed by atoms with Crippen molar-refractivity contribution in [1.29, 1.82) is 0 Å². The SMILES string of the molecule is CN1CCN(c2cc(N3CCc4cc[c]cc4C3)nc(N)n2)CC1. The topological polar surface area (TPSA) is 61.5 Å². The number of benzene rings is 1. The molecule has 0 aliphatic carbocycles. The minimum absolute atomic E-state index is 0.354. The van der Waals surface area contributed by atoms with Gasteiger partial charge in [0.1, 0.15) is 11.6 Å². The quantitative estimate of drug-likeness (QED) is 0.895. The van der Waals surface area contributed by atoms with Crippen molar-refractivity contribution in [2.45, 2.75) is 13.0 Å². The molecule has 125 valence electrons. The zero-order valence-corrected chi connectivity index (χ0v) is 14.1. The molecular weight excluding hydrogens is 300 g/mol. The van der Waals surface area contributed by atoms with E-state index in [2.05, 4.69) is 56.0 Å². The van der Waals surface area contributed by atoms with Gasteiger partial charge in [-0.3, -0.25) is 0 Å². The first-order valence-corrected chi connectivity index (χ1v) is 8.50. The van der Waals surface area contributed by atoms with E-state index < -0.39 is 0 Å². The van der Waals surface area contributed by atoms with Gasteiger partial charge in [-0.1, -0.05) is 12.1 Å². The summed E-state index contributed by atoms with van der Waals surface area (Å²) < 4.78 is 0. The molecule has 0 spiro atoms. The number of fused-ring (bicyclic) bond motifs is 1. The molecule has 0 bridgehead atoms. The van der Waals surface area contributed by atoms with E-state index >= 15 is 0 Å². The van der Waals surface area contributed by atoms with Gasteiger partial charge in [0.05, 0.1) is 0 Å². The third-order valence-corrected chi connectivity index (χ3v) is 4.93. The highest BCUT2D eigenvalue weighted by molar-refractivity contribution is 5.55. The lowest BCUT2D eigenvalue weighted by molar-refractivity contribution is 0.312. The normalized spacial score (nSPS) is 18.5. The molecular formula is C18H23N6. The number of likely N-dealkylation sites (N-methyl/N-ethyl adjacent to an activating group) is 1. The second-order valence-electron chi connectivity index (χ2n) is 6.60. The standard InChI is InChI=1S/C18H23N6/c1-22-8-10-23(11-9-22)16-12-17(21-18(19)20-16)24-7-6-14-4-2-3-5-15(14)13-24/h2,4-5,12H,6-11,13H2,1H3,(H2,19,20,21). The molecule has 2 aliphatic rings. The molecule has 0 saturated carbocycles. The van der Waals surface area contributed by atoms with E-state index in [4.69, 9.17) is 5.73 Å².